The molecule has 4 rings (SSSR count). The molecule has 1 N–H and O–H groups in total. The van der Waals surface area contributed by atoms with E-state index in [2.05, 4.69) is 16.1 Å². The number of alkyl halides is 3. The summed E-state index contributed by atoms with van der Waals surface area (Å²) >= 11 is 0. The van der Waals surface area contributed by atoms with Crippen LogP contribution >= 0.6 is 0 Å². The van der Waals surface area contributed by atoms with Crippen LogP contribution in [0.25, 0.3) is 10.9 Å². The fourth-order valence-corrected chi connectivity index (χ4v) is 3.50. The molecule has 0 radical (unpaired) electrons. The Morgan fingerprint density at radius 1 is 1.27 bits per heavy atom. The molecule has 1 aromatic carbocycles. The average molecular weight is 362 g/mol. The number of fused-ring (bicyclic) bond motifs is 3. The number of hydrogen-bond donors (Lipinski definition) is 1. The molecule has 0 saturated heterocycles. The van der Waals surface area contributed by atoms with E-state index in [1.165, 1.54) is 7.05 Å². The number of amides is 1. The normalized spacial score (nSPS) is 14.7. The lowest BCUT2D eigenvalue weighted by atomic mass is 10.0. The molecule has 1 amide bonds. The second-order valence-corrected chi connectivity index (χ2v) is 6.64. The van der Waals surface area contributed by atoms with Gasteiger partial charge < -0.3 is 9.88 Å². The Bertz CT molecular complexity index is 1020. The third-order valence-corrected chi connectivity index (χ3v) is 4.81. The zero-order chi connectivity index (χ0) is 18.6. The topological polar surface area (TPSA) is 53.9 Å². The molecule has 0 aliphatic carbocycles. The molecule has 2 aromatic heterocycles. The summed E-state index contributed by atoms with van der Waals surface area (Å²) in [5.41, 5.74) is 3.11. The minimum atomic E-state index is -4.54. The fourth-order valence-electron chi connectivity index (χ4n) is 3.50. The van der Waals surface area contributed by atoms with Gasteiger partial charge in [0, 0.05) is 54.8 Å². The van der Waals surface area contributed by atoms with Crippen LogP contribution in [0, 0.1) is 6.92 Å². The Labute approximate surface area is 147 Å². The minimum Gasteiger partial charge on any atom is -0.358 e. The van der Waals surface area contributed by atoms with Crippen LogP contribution in [0.2, 0.25) is 0 Å². The number of rotatable bonds is 1. The molecule has 0 bridgehead atoms. The van der Waals surface area contributed by atoms with Crippen molar-refractivity contribution in [3.05, 3.63) is 52.5 Å². The van der Waals surface area contributed by atoms with Crippen molar-refractivity contribution < 1.29 is 18.0 Å². The van der Waals surface area contributed by atoms with Crippen LogP contribution in [-0.2, 0) is 26.2 Å². The van der Waals surface area contributed by atoms with Crippen molar-refractivity contribution in [3.8, 4) is 0 Å². The first-order valence-electron chi connectivity index (χ1n) is 8.24. The van der Waals surface area contributed by atoms with Gasteiger partial charge in [0.1, 0.15) is 5.69 Å². The van der Waals surface area contributed by atoms with E-state index in [1.807, 2.05) is 19.1 Å². The third kappa shape index (κ3) is 2.65. The van der Waals surface area contributed by atoms with Crippen molar-refractivity contribution in [1.82, 2.24) is 19.7 Å². The minimum absolute atomic E-state index is 0.181. The molecule has 3 aromatic rings. The maximum Gasteiger partial charge on any atom is 0.433 e. The number of nitrogens with one attached hydrogen (secondary N) is 1. The van der Waals surface area contributed by atoms with Crippen molar-refractivity contribution in [2.45, 2.75) is 26.1 Å². The van der Waals surface area contributed by atoms with E-state index < -0.39 is 17.8 Å². The lowest BCUT2D eigenvalue weighted by Crippen LogP contribution is -2.36. The van der Waals surface area contributed by atoms with E-state index in [1.54, 1.807) is 4.90 Å². The SMILES string of the molecule is Cc1ccc2[nH]c3c(c2c1)CN(C(=O)c1cc(C(F)(F)F)n(C)n1)CC3. The van der Waals surface area contributed by atoms with Gasteiger partial charge in [-0.05, 0) is 19.1 Å². The second-order valence-electron chi connectivity index (χ2n) is 6.64. The zero-order valence-electron chi connectivity index (χ0n) is 14.3. The number of hydrogen-bond acceptors (Lipinski definition) is 2. The molecule has 26 heavy (non-hydrogen) atoms. The molecular formula is C18H17F3N4O. The van der Waals surface area contributed by atoms with Gasteiger partial charge in [-0.2, -0.15) is 18.3 Å². The largest absolute Gasteiger partial charge is 0.433 e. The highest BCUT2D eigenvalue weighted by atomic mass is 19.4. The summed E-state index contributed by atoms with van der Waals surface area (Å²) in [6.45, 7) is 2.79. The van der Waals surface area contributed by atoms with Crippen LogP contribution in [0.1, 0.15) is 33.0 Å². The summed E-state index contributed by atoms with van der Waals surface area (Å²) < 4.78 is 39.5. The highest BCUT2D eigenvalue weighted by molar-refractivity contribution is 5.93. The van der Waals surface area contributed by atoms with Gasteiger partial charge >= 0.3 is 6.18 Å². The van der Waals surface area contributed by atoms with Crippen LogP contribution < -0.4 is 0 Å². The van der Waals surface area contributed by atoms with Gasteiger partial charge in [0.2, 0.25) is 0 Å². The fraction of sp³-hybridized carbons (Fsp3) is 0.333. The number of carbonyl (C=O) groups excluding carboxylic acids is 1. The van der Waals surface area contributed by atoms with Crippen molar-refractivity contribution >= 4 is 16.8 Å². The highest BCUT2D eigenvalue weighted by Gasteiger charge is 2.36. The third-order valence-electron chi connectivity index (χ3n) is 4.81. The lowest BCUT2D eigenvalue weighted by Gasteiger charge is -2.26. The maximum atomic E-state index is 12.9. The molecule has 0 fully saturated rings. The second kappa shape index (κ2) is 5.62. The first-order valence-corrected chi connectivity index (χ1v) is 8.24. The van der Waals surface area contributed by atoms with Crippen LogP contribution in [-0.4, -0.2) is 32.1 Å². The number of aryl methyl sites for hydroxylation is 2. The molecule has 136 valence electrons. The molecule has 0 spiro atoms. The summed E-state index contributed by atoms with van der Waals surface area (Å²) in [7, 11) is 1.19. The lowest BCUT2D eigenvalue weighted by molar-refractivity contribution is -0.143. The number of aromatic nitrogens is 3. The van der Waals surface area contributed by atoms with Crippen molar-refractivity contribution in [2.24, 2.45) is 7.05 Å². The van der Waals surface area contributed by atoms with Gasteiger partial charge in [-0.1, -0.05) is 11.6 Å². The number of benzene rings is 1. The number of H-pyrrole nitrogens is 1. The number of nitrogens with zero attached hydrogens (tertiary/aromatic N) is 3. The summed E-state index contributed by atoms with van der Waals surface area (Å²) in [5, 5.41) is 4.82. The maximum absolute atomic E-state index is 12.9. The van der Waals surface area contributed by atoms with E-state index in [9.17, 15) is 18.0 Å². The standard InChI is InChI=1S/C18H17F3N4O/c1-10-3-4-13-11(7-10)12-9-25(6-5-14(12)22-13)17(26)15-8-16(18(19,20)21)24(2)23-15/h3-4,7-8,22H,5-6,9H2,1-2H3. The molecule has 0 atom stereocenters. The monoisotopic (exact) mass is 362 g/mol. The first-order chi connectivity index (χ1) is 12.2. The van der Waals surface area contributed by atoms with Crippen LogP contribution in [0.3, 0.4) is 0 Å². The summed E-state index contributed by atoms with van der Waals surface area (Å²) in [4.78, 5) is 17.6. The van der Waals surface area contributed by atoms with Gasteiger partial charge in [0.25, 0.3) is 5.91 Å². The molecule has 0 unspecified atom stereocenters. The van der Waals surface area contributed by atoms with Crippen LogP contribution in [0.15, 0.2) is 24.3 Å². The molecule has 0 saturated carbocycles. The quantitative estimate of drug-likeness (QED) is 0.721. The summed E-state index contributed by atoms with van der Waals surface area (Å²) in [6.07, 6.45) is -3.91. The number of carbonyl (C=O) groups is 1. The zero-order valence-corrected chi connectivity index (χ0v) is 14.3. The number of aromatic amines is 1. The molecule has 3 heterocycles. The molecule has 1 aliphatic rings. The van der Waals surface area contributed by atoms with Crippen molar-refractivity contribution in [1.29, 1.82) is 0 Å². The summed E-state index contributed by atoms with van der Waals surface area (Å²) in [5.74, 6) is -0.483. The summed E-state index contributed by atoms with van der Waals surface area (Å²) in [6, 6.07) is 6.89. The van der Waals surface area contributed by atoms with Gasteiger partial charge in [-0.15, -0.1) is 0 Å². The van der Waals surface area contributed by atoms with E-state index in [0.717, 1.165) is 33.8 Å². The predicted octanol–water partition coefficient (Wildman–Crippen LogP) is 3.43. The van der Waals surface area contributed by atoms with Crippen LogP contribution in [0.5, 0.6) is 0 Å². The molecule has 1 aliphatic heterocycles. The van der Waals surface area contributed by atoms with E-state index in [0.29, 0.717) is 24.2 Å². The molecular weight excluding hydrogens is 345 g/mol. The van der Waals surface area contributed by atoms with E-state index >= 15 is 0 Å². The van der Waals surface area contributed by atoms with Gasteiger partial charge in [0.05, 0.1) is 0 Å². The van der Waals surface area contributed by atoms with Gasteiger partial charge in [-0.3, -0.25) is 9.48 Å². The predicted molar refractivity (Wildman–Crippen MR) is 89.7 cm³/mol. The number of halogens is 3. The van der Waals surface area contributed by atoms with Gasteiger partial charge in [0.15, 0.2) is 5.69 Å². The Balaban J connectivity index is 1.66. The Morgan fingerprint density at radius 2 is 2.04 bits per heavy atom. The Morgan fingerprint density at radius 3 is 2.73 bits per heavy atom. The molecule has 8 heteroatoms. The smallest absolute Gasteiger partial charge is 0.358 e. The highest BCUT2D eigenvalue weighted by Crippen LogP contribution is 2.31. The van der Waals surface area contributed by atoms with Crippen molar-refractivity contribution in [2.75, 3.05) is 6.54 Å². The molecule has 5 nitrogen and oxygen atoms in total. The van der Waals surface area contributed by atoms with E-state index in [-0.39, 0.29) is 5.69 Å². The Hall–Kier alpha value is -2.77. The Kier molecular flexibility index (Phi) is 3.61. The van der Waals surface area contributed by atoms with Crippen molar-refractivity contribution in [3.63, 3.8) is 0 Å². The van der Waals surface area contributed by atoms with E-state index in [4.69, 9.17) is 0 Å². The first kappa shape index (κ1) is 16.7. The van der Waals surface area contributed by atoms with Gasteiger partial charge in [-0.25, -0.2) is 0 Å². The van der Waals surface area contributed by atoms with Crippen LogP contribution in [0.4, 0.5) is 13.2 Å². The average Bonchev–Trinajstić information content (AvgIpc) is 3.14.